The summed E-state index contributed by atoms with van der Waals surface area (Å²) in [4.78, 5) is 0. The molecular formula is C15H28ClN3S. The maximum atomic E-state index is 6.50. The number of rotatable bonds is 10. The summed E-state index contributed by atoms with van der Waals surface area (Å²) >= 11 is 8.41. The second-order valence-corrected chi connectivity index (χ2v) is 6.38. The van der Waals surface area contributed by atoms with Crippen molar-refractivity contribution in [1.29, 1.82) is 0 Å². The van der Waals surface area contributed by atoms with Gasteiger partial charge in [-0.25, -0.2) is 0 Å². The standard InChI is InChI=1S/C15H28ClN3S/c1-5-9-17-12(8-10-20-4)11-14-15(16)13(6-2)18-19(14)7-3/h12,17H,5-11H2,1-4H3. The molecule has 0 saturated heterocycles. The Morgan fingerprint density at radius 1 is 1.35 bits per heavy atom. The third-order valence-corrected chi connectivity index (χ3v) is 4.57. The number of halogens is 1. The largest absolute Gasteiger partial charge is 0.314 e. The highest BCUT2D eigenvalue weighted by atomic mass is 35.5. The van der Waals surface area contributed by atoms with Crippen molar-refractivity contribution in [2.75, 3.05) is 18.6 Å². The summed E-state index contributed by atoms with van der Waals surface area (Å²) in [5, 5.41) is 9.13. The molecular weight excluding hydrogens is 290 g/mol. The predicted molar refractivity (Wildman–Crippen MR) is 91.1 cm³/mol. The second kappa shape index (κ2) is 9.69. The van der Waals surface area contributed by atoms with Crippen LogP contribution in [-0.4, -0.2) is 34.4 Å². The third-order valence-electron chi connectivity index (χ3n) is 3.49. The zero-order valence-electron chi connectivity index (χ0n) is 13.2. The van der Waals surface area contributed by atoms with E-state index in [9.17, 15) is 0 Å². The molecule has 0 aliphatic heterocycles. The highest BCUT2D eigenvalue weighted by molar-refractivity contribution is 7.98. The molecule has 0 aliphatic carbocycles. The molecule has 0 amide bonds. The molecule has 0 spiro atoms. The van der Waals surface area contributed by atoms with Crippen LogP contribution in [0.5, 0.6) is 0 Å². The Morgan fingerprint density at radius 2 is 2.10 bits per heavy atom. The summed E-state index contributed by atoms with van der Waals surface area (Å²) in [5.41, 5.74) is 2.23. The topological polar surface area (TPSA) is 29.9 Å². The van der Waals surface area contributed by atoms with Gasteiger partial charge in [-0.2, -0.15) is 16.9 Å². The van der Waals surface area contributed by atoms with Crippen LogP contribution in [0, 0.1) is 0 Å². The Balaban J connectivity index is 2.82. The molecule has 1 heterocycles. The van der Waals surface area contributed by atoms with Gasteiger partial charge >= 0.3 is 0 Å². The lowest BCUT2D eigenvalue weighted by Crippen LogP contribution is -2.33. The number of thioether (sulfide) groups is 1. The minimum atomic E-state index is 0.492. The van der Waals surface area contributed by atoms with E-state index in [1.54, 1.807) is 0 Å². The SMILES string of the molecule is CCCNC(CCSC)Cc1c(Cl)c(CC)nn1CC. The van der Waals surface area contributed by atoms with E-state index >= 15 is 0 Å². The monoisotopic (exact) mass is 317 g/mol. The summed E-state index contributed by atoms with van der Waals surface area (Å²) in [6.07, 6.45) is 6.37. The molecule has 1 atom stereocenters. The van der Waals surface area contributed by atoms with Gasteiger partial charge < -0.3 is 5.32 Å². The van der Waals surface area contributed by atoms with E-state index in [-0.39, 0.29) is 0 Å². The maximum Gasteiger partial charge on any atom is 0.0850 e. The molecule has 0 aromatic carbocycles. The molecule has 1 rings (SSSR count). The van der Waals surface area contributed by atoms with E-state index in [0.717, 1.165) is 43.1 Å². The molecule has 1 aromatic heterocycles. The van der Waals surface area contributed by atoms with Crippen LogP contribution in [0.25, 0.3) is 0 Å². The van der Waals surface area contributed by atoms with E-state index in [2.05, 4.69) is 42.1 Å². The Kier molecular flexibility index (Phi) is 8.66. The Bertz CT molecular complexity index is 385. The minimum absolute atomic E-state index is 0.492. The second-order valence-electron chi connectivity index (χ2n) is 5.01. The number of aromatic nitrogens is 2. The van der Waals surface area contributed by atoms with E-state index in [0.29, 0.717) is 6.04 Å². The van der Waals surface area contributed by atoms with Gasteiger partial charge in [0.2, 0.25) is 0 Å². The van der Waals surface area contributed by atoms with Crippen LogP contribution in [-0.2, 0) is 19.4 Å². The maximum absolute atomic E-state index is 6.50. The first kappa shape index (κ1) is 17.9. The molecule has 20 heavy (non-hydrogen) atoms. The number of nitrogens with zero attached hydrogens (tertiary/aromatic N) is 2. The molecule has 1 unspecified atom stereocenters. The van der Waals surface area contributed by atoms with Crippen LogP contribution in [0.1, 0.15) is 45.0 Å². The molecule has 5 heteroatoms. The van der Waals surface area contributed by atoms with Crippen molar-refractivity contribution in [3.05, 3.63) is 16.4 Å². The lowest BCUT2D eigenvalue weighted by Gasteiger charge is -2.19. The average molecular weight is 318 g/mol. The molecule has 0 radical (unpaired) electrons. The highest BCUT2D eigenvalue weighted by Gasteiger charge is 2.18. The lowest BCUT2D eigenvalue weighted by molar-refractivity contribution is 0.477. The molecule has 0 bridgehead atoms. The fourth-order valence-corrected chi connectivity index (χ4v) is 3.20. The van der Waals surface area contributed by atoms with Crippen molar-refractivity contribution >= 4 is 23.4 Å². The zero-order chi connectivity index (χ0) is 15.0. The fraction of sp³-hybridized carbons (Fsp3) is 0.800. The van der Waals surface area contributed by atoms with Crippen LogP contribution in [0.2, 0.25) is 5.02 Å². The Hall–Kier alpha value is -0.190. The van der Waals surface area contributed by atoms with Crippen molar-refractivity contribution in [3.63, 3.8) is 0 Å². The predicted octanol–water partition coefficient (Wildman–Crippen LogP) is 3.78. The van der Waals surface area contributed by atoms with Gasteiger partial charge in [0, 0.05) is 19.0 Å². The number of hydrogen-bond donors (Lipinski definition) is 1. The van der Waals surface area contributed by atoms with Gasteiger partial charge in [-0.3, -0.25) is 4.68 Å². The quantitative estimate of drug-likeness (QED) is 0.712. The minimum Gasteiger partial charge on any atom is -0.314 e. The average Bonchev–Trinajstić information content (AvgIpc) is 2.77. The van der Waals surface area contributed by atoms with Crippen LogP contribution < -0.4 is 5.32 Å². The van der Waals surface area contributed by atoms with E-state index < -0.39 is 0 Å². The third kappa shape index (κ3) is 4.97. The highest BCUT2D eigenvalue weighted by Crippen LogP contribution is 2.23. The fourth-order valence-electron chi connectivity index (χ4n) is 2.33. The molecule has 116 valence electrons. The summed E-state index contributed by atoms with van der Waals surface area (Å²) in [6, 6.07) is 0.492. The van der Waals surface area contributed by atoms with E-state index in [1.807, 2.05) is 11.8 Å². The van der Waals surface area contributed by atoms with E-state index in [1.165, 1.54) is 17.9 Å². The van der Waals surface area contributed by atoms with Gasteiger partial charge in [0.25, 0.3) is 0 Å². The first-order chi connectivity index (χ1) is 9.67. The first-order valence-corrected chi connectivity index (χ1v) is 9.41. The molecule has 1 aromatic rings. The van der Waals surface area contributed by atoms with Crippen LogP contribution in [0.4, 0.5) is 0 Å². The lowest BCUT2D eigenvalue weighted by atomic mass is 10.1. The summed E-state index contributed by atoms with van der Waals surface area (Å²) in [6.45, 7) is 8.40. The van der Waals surface area contributed by atoms with Gasteiger partial charge in [-0.15, -0.1) is 0 Å². The van der Waals surface area contributed by atoms with Crippen molar-refractivity contribution in [2.45, 2.75) is 59.0 Å². The Labute approximate surface area is 132 Å². The Morgan fingerprint density at radius 3 is 2.65 bits per heavy atom. The molecule has 3 nitrogen and oxygen atoms in total. The molecule has 0 fully saturated rings. The number of hydrogen-bond acceptors (Lipinski definition) is 3. The molecule has 1 N–H and O–H groups in total. The summed E-state index contributed by atoms with van der Waals surface area (Å²) in [5.74, 6) is 1.18. The first-order valence-electron chi connectivity index (χ1n) is 7.64. The zero-order valence-corrected chi connectivity index (χ0v) is 14.8. The number of aryl methyl sites for hydroxylation is 2. The van der Waals surface area contributed by atoms with Crippen molar-refractivity contribution in [2.24, 2.45) is 0 Å². The van der Waals surface area contributed by atoms with Crippen LogP contribution >= 0.6 is 23.4 Å². The van der Waals surface area contributed by atoms with Gasteiger partial charge in [0.15, 0.2) is 0 Å². The van der Waals surface area contributed by atoms with Crippen LogP contribution in [0.3, 0.4) is 0 Å². The normalized spacial score (nSPS) is 12.8. The van der Waals surface area contributed by atoms with Gasteiger partial charge in [0.05, 0.1) is 16.4 Å². The van der Waals surface area contributed by atoms with Crippen molar-refractivity contribution in [3.8, 4) is 0 Å². The van der Waals surface area contributed by atoms with Crippen molar-refractivity contribution < 1.29 is 0 Å². The van der Waals surface area contributed by atoms with Gasteiger partial charge in [0.1, 0.15) is 0 Å². The smallest absolute Gasteiger partial charge is 0.0850 e. The van der Waals surface area contributed by atoms with Crippen molar-refractivity contribution in [1.82, 2.24) is 15.1 Å². The van der Waals surface area contributed by atoms with E-state index in [4.69, 9.17) is 11.6 Å². The van der Waals surface area contributed by atoms with Gasteiger partial charge in [-0.1, -0.05) is 25.4 Å². The molecule has 0 aliphatic rings. The number of nitrogens with one attached hydrogen (secondary N) is 1. The molecule has 0 saturated carbocycles. The summed E-state index contributed by atoms with van der Waals surface area (Å²) in [7, 11) is 0. The van der Waals surface area contributed by atoms with Gasteiger partial charge in [-0.05, 0) is 44.7 Å². The summed E-state index contributed by atoms with van der Waals surface area (Å²) < 4.78 is 2.07. The van der Waals surface area contributed by atoms with Crippen LogP contribution in [0.15, 0.2) is 0 Å².